The summed E-state index contributed by atoms with van der Waals surface area (Å²) in [6.07, 6.45) is 1.26. The Kier molecular flexibility index (Phi) is 8.46. The molecule has 10 heteroatoms. The molecule has 0 radical (unpaired) electrons. The Hall–Kier alpha value is -2.91. The topological polar surface area (TPSA) is 91.0 Å². The zero-order chi connectivity index (χ0) is 26.8. The van der Waals surface area contributed by atoms with Crippen molar-refractivity contribution in [2.75, 3.05) is 26.7 Å². The quantitative estimate of drug-likeness (QED) is 0.592. The summed E-state index contributed by atoms with van der Waals surface area (Å²) in [5.41, 5.74) is -0.533. The van der Waals surface area contributed by atoms with E-state index in [4.69, 9.17) is 4.74 Å². The summed E-state index contributed by atoms with van der Waals surface area (Å²) in [6, 6.07) is 1.81. The maximum atomic E-state index is 13.9. The molecule has 36 heavy (non-hydrogen) atoms. The second-order valence-corrected chi connectivity index (χ2v) is 10.8. The van der Waals surface area contributed by atoms with Crippen molar-refractivity contribution in [1.82, 2.24) is 20.4 Å². The number of halogens is 2. The van der Waals surface area contributed by atoms with Crippen LogP contribution < -0.4 is 15.4 Å². The average molecular weight is 509 g/mol. The molecule has 0 aromatic heterocycles. The van der Waals surface area contributed by atoms with E-state index in [0.29, 0.717) is 25.9 Å². The summed E-state index contributed by atoms with van der Waals surface area (Å²) >= 11 is 0. The first-order chi connectivity index (χ1) is 16.9. The van der Waals surface area contributed by atoms with E-state index >= 15 is 0 Å². The summed E-state index contributed by atoms with van der Waals surface area (Å²) in [5, 5.41) is 5.62. The Morgan fingerprint density at radius 3 is 2.44 bits per heavy atom. The summed E-state index contributed by atoms with van der Waals surface area (Å²) in [7, 11) is 1.56. The van der Waals surface area contributed by atoms with Crippen LogP contribution in [0.3, 0.4) is 0 Å². The largest absolute Gasteiger partial charge is 0.493 e. The van der Waals surface area contributed by atoms with Crippen molar-refractivity contribution >= 4 is 17.8 Å². The molecule has 2 N–H and O–H groups in total. The molecule has 0 spiro atoms. The molecule has 8 nitrogen and oxygen atoms in total. The third-order valence-corrected chi connectivity index (χ3v) is 7.31. The van der Waals surface area contributed by atoms with E-state index in [9.17, 15) is 23.2 Å². The van der Waals surface area contributed by atoms with Crippen molar-refractivity contribution in [1.29, 1.82) is 0 Å². The number of hydrogen-bond donors (Lipinski definition) is 2. The van der Waals surface area contributed by atoms with Gasteiger partial charge in [-0.25, -0.2) is 13.6 Å². The minimum absolute atomic E-state index is 0.114. The lowest BCUT2D eigenvalue weighted by Gasteiger charge is -2.37. The van der Waals surface area contributed by atoms with Crippen molar-refractivity contribution in [3.05, 3.63) is 29.8 Å². The number of ether oxygens (including phenoxy) is 1. The highest BCUT2D eigenvalue weighted by molar-refractivity contribution is 5.89. The van der Waals surface area contributed by atoms with Crippen molar-refractivity contribution in [3.63, 3.8) is 0 Å². The normalized spacial score (nSPS) is 23.2. The highest BCUT2D eigenvalue weighted by Crippen LogP contribution is 2.37. The van der Waals surface area contributed by atoms with Crippen LogP contribution in [0.25, 0.3) is 0 Å². The number of likely N-dealkylation sites (tertiary alicyclic amines) is 2. The fraction of sp³-hybridized carbons (Fsp3) is 0.654. The predicted octanol–water partition coefficient (Wildman–Crippen LogP) is 3.16. The molecule has 5 atom stereocenters. The number of benzene rings is 1. The van der Waals surface area contributed by atoms with Crippen LogP contribution in [0.1, 0.15) is 47.5 Å². The lowest BCUT2D eigenvalue weighted by Crippen LogP contribution is -2.58. The van der Waals surface area contributed by atoms with E-state index in [-0.39, 0.29) is 54.1 Å². The monoisotopic (exact) mass is 508 g/mol. The van der Waals surface area contributed by atoms with E-state index in [1.54, 1.807) is 16.8 Å². The fourth-order valence-corrected chi connectivity index (χ4v) is 5.04. The molecule has 2 saturated heterocycles. The first-order valence-electron chi connectivity index (χ1n) is 12.6. The molecule has 200 valence electrons. The average Bonchev–Trinajstić information content (AvgIpc) is 3.42. The van der Waals surface area contributed by atoms with Gasteiger partial charge in [-0.2, -0.15) is 0 Å². The van der Waals surface area contributed by atoms with E-state index in [0.717, 1.165) is 12.1 Å². The minimum atomic E-state index is -1.01. The predicted molar refractivity (Wildman–Crippen MR) is 131 cm³/mol. The van der Waals surface area contributed by atoms with Crippen LogP contribution in [0.15, 0.2) is 18.2 Å². The molecular formula is C26H38F2N4O4. The van der Waals surface area contributed by atoms with Crippen molar-refractivity contribution in [2.24, 2.45) is 17.3 Å². The highest BCUT2D eigenvalue weighted by Gasteiger charge is 2.53. The molecule has 0 aliphatic carbocycles. The number of nitrogens with one attached hydrogen (secondary N) is 2. The molecule has 0 unspecified atom stereocenters. The Bertz CT molecular complexity index is 983. The molecule has 0 bridgehead atoms. The van der Waals surface area contributed by atoms with Gasteiger partial charge in [-0.15, -0.1) is 0 Å². The third kappa shape index (κ3) is 5.73. The van der Waals surface area contributed by atoms with Gasteiger partial charge >= 0.3 is 6.03 Å². The minimum Gasteiger partial charge on any atom is -0.493 e. The van der Waals surface area contributed by atoms with Crippen LogP contribution in [0, 0.1) is 28.9 Å². The lowest BCUT2D eigenvalue weighted by atomic mass is 9.84. The Balaban J connectivity index is 1.85. The van der Waals surface area contributed by atoms with Crippen molar-refractivity contribution in [3.8, 4) is 5.75 Å². The second kappa shape index (κ2) is 11.0. The number of hydrogen-bond acceptors (Lipinski definition) is 4. The molecule has 4 amide bonds. The molecule has 3 rings (SSSR count). The number of carbonyl (C=O) groups excluding carboxylic acids is 3. The van der Waals surface area contributed by atoms with Crippen LogP contribution in [-0.2, 0) is 9.59 Å². The van der Waals surface area contributed by atoms with Crippen LogP contribution in [0.5, 0.6) is 5.75 Å². The number of rotatable bonds is 7. The highest BCUT2D eigenvalue weighted by atomic mass is 19.2. The van der Waals surface area contributed by atoms with Gasteiger partial charge in [0.2, 0.25) is 11.8 Å². The second-order valence-electron chi connectivity index (χ2n) is 10.8. The van der Waals surface area contributed by atoms with Gasteiger partial charge in [0.05, 0.1) is 18.7 Å². The first-order valence-corrected chi connectivity index (χ1v) is 12.6. The zero-order valence-corrected chi connectivity index (χ0v) is 21.9. The summed E-state index contributed by atoms with van der Waals surface area (Å²) < 4.78 is 32.8. The zero-order valence-electron chi connectivity index (χ0n) is 21.9. The van der Waals surface area contributed by atoms with Crippen LogP contribution in [0.4, 0.5) is 13.6 Å². The third-order valence-electron chi connectivity index (χ3n) is 7.31. The molecule has 2 aliphatic rings. The van der Waals surface area contributed by atoms with Gasteiger partial charge < -0.3 is 25.2 Å². The number of carbonyl (C=O) groups is 3. The van der Waals surface area contributed by atoms with Gasteiger partial charge in [0.25, 0.3) is 0 Å². The SMILES string of the molecule is CC[C@@H](C)C(=O)N[C@H](C(=O)N1CC[C@@H]2[C@H]1[C@@H](COc1ccc(F)c(F)c1)CN2C(=O)NC)C(C)(C)C. The number of urea groups is 1. The lowest BCUT2D eigenvalue weighted by molar-refractivity contribution is -0.141. The van der Waals surface area contributed by atoms with Gasteiger partial charge in [-0.1, -0.05) is 34.6 Å². The Morgan fingerprint density at radius 1 is 1.17 bits per heavy atom. The maximum absolute atomic E-state index is 13.9. The molecule has 2 heterocycles. The van der Waals surface area contributed by atoms with E-state index < -0.39 is 23.1 Å². The van der Waals surface area contributed by atoms with Crippen LogP contribution >= 0.6 is 0 Å². The molecule has 2 aliphatic heterocycles. The van der Waals surface area contributed by atoms with Gasteiger partial charge in [0, 0.05) is 38.0 Å². The maximum Gasteiger partial charge on any atom is 0.317 e. The van der Waals surface area contributed by atoms with Gasteiger partial charge in [0.15, 0.2) is 11.6 Å². The Morgan fingerprint density at radius 2 is 1.86 bits per heavy atom. The molecule has 1 aromatic rings. The number of amides is 4. The number of fused-ring (bicyclic) bond motifs is 1. The van der Waals surface area contributed by atoms with Gasteiger partial charge in [0.1, 0.15) is 11.8 Å². The smallest absolute Gasteiger partial charge is 0.317 e. The molecular weight excluding hydrogens is 470 g/mol. The van der Waals surface area contributed by atoms with Gasteiger partial charge in [-0.3, -0.25) is 9.59 Å². The van der Waals surface area contributed by atoms with Crippen molar-refractivity contribution < 1.29 is 27.9 Å². The van der Waals surface area contributed by atoms with Crippen molar-refractivity contribution in [2.45, 2.75) is 65.6 Å². The first kappa shape index (κ1) is 27.7. The summed E-state index contributed by atoms with van der Waals surface area (Å²) in [4.78, 5) is 42.7. The molecule has 0 saturated carbocycles. The summed E-state index contributed by atoms with van der Waals surface area (Å²) in [6.45, 7) is 10.4. The van der Waals surface area contributed by atoms with Gasteiger partial charge in [-0.05, 0) is 30.4 Å². The molecule has 2 fully saturated rings. The summed E-state index contributed by atoms with van der Waals surface area (Å²) in [5.74, 6) is -2.63. The Labute approximate surface area is 211 Å². The van der Waals surface area contributed by atoms with E-state index in [2.05, 4.69) is 10.6 Å². The fourth-order valence-electron chi connectivity index (χ4n) is 5.04. The van der Waals surface area contributed by atoms with Crippen LogP contribution in [-0.4, -0.2) is 72.5 Å². The van der Waals surface area contributed by atoms with Crippen LogP contribution in [0.2, 0.25) is 0 Å². The standard InChI is InChI=1S/C26H38F2N4O4/c1-7-15(2)23(33)30-22(26(3,4)5)24(34)31-11-10-20-21(31)16(13-32(20)25(35)29-6)14-36-17-8-9-18(27)19(28)12-17/h8-9,12,15-16,20-22H,7,10-11,13-14H2,1-6H3,(H,29,35)(H,30,33)/t15-,16-,20-,21-,22-/m1/s1. The molecule has 1 aromatic carbocycles. The van der Waals surface area contributed by atoms with E-state index in [1.165, 1.54) is 6.07 Å². The number of nitrogens with zero attached hydrogens (tertiary/aromatic N) is 2. The van der Waals surface area contributed by atoms with E-state index in [1.807, 2.05) is 34.6 Å².